The van der Waals surface area contributed by atoms with Crippen molar-refractivity contribution in [3.8, 4) is 0 Å². The van der Waals surface area contributed by atoms with Gasteiger partial charge in [0.2, 0.25) is 0 Å². The van der Waals surface area contributed by atoms with E-state index in [1.807, 2.05) is 0 Å². The molecule has 0 heterocycles. The highest BCUT2D eigenvalue weighted by molar-refractivity contribution is 5.84. The minimum absolute atomic E-state index is 0.531. The Morgan fingerprint density at radius 1 is 1.50 bits per heavy atom. The maximum atomic E-state index is 10.8. The van der Waals surface area contributed by atoms with Crippen molar-refractivity contribution in [2.75, 3.05) is 0 Å². The van der Waals surface area contributed by atoms with E-state index in [1.165, 1.54) is 19.3 Å². The highest BCUT2D eigenvalue weighted by atomic mass is 16.1. The van der Waals surface area contributed by atoms with Crippen molar-refractivity contribution >= 4 is 5.78 Å². The summed E-state index contributed by atoms with van der Waals surface area (Å²) < 4.78 is 0. The van der Waals surface area contributed by atoms with Crippen LogP contribution in [0.2, 0.25) is 0 Å². The van der Waals surface area contributed by atoms with Gasteiger partial charge in [-0.05, 0) is 25.2 Å². The van der Waals surface area contributed by atoms with Gasteiger partial charge in [0, 0.05) is 12.3 Å². The van der Waals surface area contributed by atoms with E-state index in [4.69, 9.17) is 0 Å². The van der Waals surface area contributed by atoms with Crippen molar-refractivity contribution in [1.82, 2.24) is 0 Å². The molecule has 2 atom stereocenters. The van der Waals surface area contributed by atoms with Crippen LogP contribution in [-0.2, 0) is 4.79 Å². The summed E-state index contributed by atoms with van der Waals surface area (Å²) in [7, 11) is 0. The summed E-state index contributed by atoms with van der Waals surface area (Å²) in [6.07, 6.45) is 4.59. The lowest BCUT2D eigenvalue weighted by Gasteiger charge is -2.04. The van der Waals surface area contributed by atoms with E-state index in [9.17, 15) is 4.79 Å². The van der Waals surface area contributed by atoms with E-state index in [0.717, 1.165) is 12.3 Å². The zero-order valence-electron chi connectivity index (χ0n) is 4.89. The van der Waals surface area contributed by atoms with Gasteiger partial charge in [0.15, 0.2) is 0 Å². The molecule has 2 aliphatic carbocycles. The van der Waals surface area contributed by atoms with Gasteiger partial charge in [-0.15, -0.1) is 0 Å². The first-order valence-corrected chi connectivity index (χ1v) is 3.40. The average molecular weight is 110 g/mol. The molecule has 1 nitrogen and oxygen atoms in total. The number of rotatable bonds is 0. The first kappa shape index (κ1) is 4.54. The van der Waals surface area contributed by atoms with E-state index in [2.05, 4.69) is 0 Å². The van der Waals surface area contributed by atoms with Crippen LogP contribution in [0.5, 0.6) is 0 Å². The van der Waals surface area contributed by atoms with Crippen molar-refractivity contribution in [2.24, 2.45) is 11.8 Å². The second-order valence-corrected chi connectivity index (χ2v) is 2.96. The van der Waals surface area contributed by atoms with Crippen molar-refractivity contribution in [3.05, 3.63) is 0 Å². The Kier molecular flexibility index (Phi) is 0.758. The molecule has 8 heavy (non-hydrogen) atoms. The lowest BCUT2D eigenvalue weighted by atomic mass is 10.00. The normalized spacial score (nSPS) is 43.8. The van der Waals surface area contributed by atoms with Crippen LogP contribution < -0.4 is 0 Å². The van der Waals surface area contributed by atoms with E-state index >= 15 is 0 Å². The number of hydrogen-bond donors (Lipinski definition) is 0. The van der Waals surface area contributed by atoms with Crippen LogP contribution in [0.4, 0.5) is 0 Å². The molecule has 2 rings (SSSR count). The highest BCUT2D eigenvalue weighted by Crippen LogP contribution is 2.47. The van der Waals surface area contributed by atoms with Gasteiger partial charge >= 0.3 is 0 Å². The Hall–Kier alpha value is -0.330. The zero-order chi connectivity index (χ0) is 5.56. The molecule has 2 aliphatic rings. The molecule has 2 saturated carbocycles. The fraction of sp³-hybridized carbons (Fsp3) is 0.857. The van der Waals surface area contributed by atoms with E-state index in [1.54, 1.807) is 0 Å². The Morgan fingerprint density at radius 3 is 3.00 bits per heavy atom. The fourth-order valence-corrected chi connectivity index (χ4v) is 1.68. The van der Waals surface area contributed by atoms with Crippen LogP contribution in [-0.4, -0.2) is 5.78 Å². The molecule has 0 amide bonds. The minimum Gasteiger partial charge on any atom is -0.299 e. The van der Waals surface area contributed by atoms with Crippen molar-refractivity contribution in [1.29, 1.82) is 0 Å². The molecule has 0 aliphatic heterocycles. The lowest BCUT2D eigenvalue weighted by molar-refractivity contribution is -0.121. The van der Waals surface area contributed by atoms with Crippen LogP contribution in [0, 0.1) is 11.8 Å². The number of hydrogen-bond acceptors (Lipinski definition) is 1. The molecule has 0 saturated heterocycles. The lowest BCUT2D eigenvalue weighted by Crippen LogP contribution is -2.07. The Morgan fingerprint density at radius 2 is 2.38 bits per heavy atom. The van der Waals surface area contributed by atoms with Gasteiger partial charge in [-0.1, -0.05) is 0 Å². The van der Waals surface area contributed by atoms with Gasteiger partial charge < -0.3 is 0 Å². The first-order chi connectivity index (χ1) is 3.88. The van der Waals surface area contributed by atoms with Crippen LogP contribution >= 0.6 is 0 Å². The summed E-state index contributed by atoms with van der Waals surface area (Å²) in [4.78, 5) is 10.8. The summed E-state index contributed by atoms with van der Waals surface area (Å²) >= 11 is 0. The number of carbonyl (C=O) groups is 1. The summed E-state index contributed by atoms with van der Waals surface area (Å²) in [5.41, 5.74) is 0. The topological polar surface area (TPSA) is 17.1 Å². The first-order valence-electron chi connectivity index (χ1n) is 3.40. The van der Waals surface area contributed by atoms with Gasteiger partial charge in [0.1, 0.15) is 5.78 Å². The second kappa shape index (κ2) is 1.34. The van der Waals surface area contributed by atoms with E-state index in [-0.39, 0.29) is 0 Å². The van der Waals surface area contributed by atoms with E-state index in [0.29, 0.717) is 11.7 Å². The van der Waals surface area contributed by atoms with Crippen LogP contribution in [0.25, 0.3) is 0 Å². The molecule has 2 fully saturated rings. The molecule has 0 aromatic heterocycles. The Labute approximate surface area is 49.1 Å². The van der Waals surface area contributed by atoms with Crippen LogP contribution in [0.1, 0.15) is 25.7 Å². The quantitative estimate of drug-likeness (QED) is 0.460. The van der Waals surface area contributed by atoms with Gasteiger partial charge in [0.05, 0.1) is 0 Å². The van der Waals surface area contributed by atoms with Crippen LogP contribution in [0.15, 0.2) is 0 Å². The maximum Gasteiger partial charge on any atom is 0.136 e. The summed E-state index contributed by atoms with van der Waals surface area (Å²) in [6.45, 7) is 0. The molecule has 44 valence electrons. The third-order valence-electron chi connectivity index (χ3n) is 2.33. The molecule has 0 spiro atoms. The van der Waals surface area contributed by atoms with Gasteiger partial charge in [0.25, 0.3) is 0 Å². The Balaban J connectivity index is 2.08. The largest absolute Gasteiger partial charge is 0.299 e. The highest BCUT2D eigenvalue weighted by Gasteiger charge is 2.44. The smallest absolute Gasteiger partial charge is 0.136 e. The molecular formula is C7H10O. The SMILES string of the molecule is O=C1CCC[C@@H]2C[C@H]12. The number of Topliss-reactive ketones (excluding diaryl/α,β-unsaturated/α-hetero) is 1. The fourth-order valence-electron chi connectivity index (χ4n) is 1.68. The van der Waals surface area contributed by atoms with Gasteiger partial charge in [-0.25, -0.2) is 0 Å². The van der Waals surface area contributed by atoms with Crippen molar-refractivity contribution in [3.63, 3.8) is 0 Å². The minimum atomic E-state index is 0.531. The molecule has 0 bridgehead atoms. The third kappa shape index (κ3) is 0.504. The molecule has 0 unspecified atom stereocenters. The molecule has 0 N–H and O–H groups in total. The molecule has 0 radical (unpaired) electrons. The Bertz CT molecular complexity index is 128. The third-order valence-corrected chi connectivity index (χ3v) is 2.33. The van der Waals surface area contributed by atoms with Crippen molar-refractivity contribution in [2.45, 2.75) is 25.7 Å². The second-order valence-electron chi connectivity index (χ2n) is 2.96. The van der Waals surface area contributed by atoms with Gasteiger partial charge in [-0.3, -0.25) is 4.79 Å². The zero-order valence-corrected chi connectivity index (χ0v) is 4.89. The summed E-state index contributed by atoms with van der Waals surface area (Å²) in [5.74, 6) is 1.90. The number of ketones is 1. The predicted molar refractivity (Wildman–Crippen MR) is 30.5 cm³/mol. The summed E-state index contributed by atoms with van der Waals surface area (Å²) in [5, 5.41) is 0. The number of carbonyl (C=O) groups excluding carboxylic acids is 1. The average Bonchev–Trinajstić information content (AvgIpc) is 2.45. The molecule has 1 heteroatoms. The van der Waals surface area contributed by atoms with E-state index < -0.39 is 0 Å². The van der Waals surface area contributed by atoms with Crippen molar-refractivity contribution < 1.29 is 4.79 Å². The summed E-state index contributed by atoms with van der Waals surface area (Å²) in [6, 6.07) is 0. The molecular weight excluding hydrogens is 100 g/mol. The van der Waals surface area contributed by atoms with Gasteiger partial charge in [-0.2, -0.15) is 0 Å². The number of fused-ring (bicyclic) bond motifs is 1. The monoisotopic (exact) mass is 110 g/mol. The standard InChI is InChI=1S/C7H10O/c8-7-3-1-2-5-4-6(5)7/h5-6H,1-4H2/t5-,6+/m1/s1. The molecule has 0 aromatic rings. The maximum absolute atomic E-state index is 10.8. The molecule has 0 aromatic carbocycles. The van der Waals surface area contributed by atoms with Crippen LogP contribution in [0.3, 0.4) is 0 Å². The predicted octanol–water partition coefficient (Wildman–Crippen LogP) is 1.38.